The smallest absolute Gasteiger partial charge is 0.331 e. The normalized spacial score (nSPS) is 14.8. The van der Waals surface area contributed by atoms with E-state index in [-0.39, 0.29) is 17.1 Å². The third kappa shape index (κ3) is 2.68. The number of nitrogens with one attached hydrogen (secondary N) is 2. The van der Waals surface area contributed by atoms with Crippen LogP contribution in [0.2, 0.25) is 0 Å². The predicted molar refractivity (Wildman–Crippen MR) is 82.8 cm³/mol. The van der Waals surface area contributed by atoms with Crippen LogP contribution in [0, 0.1) is 0 Å². The van der Waals surface area contributed by atoms with Crippen molar-refractivity contribution in [2.24, 2.45) is 0 Å². The zero-order chi connectivity index (χ0) is 15.9. The van der Waals surface area contributed by atoms with Gasteiger partial charge in [-0.05, 0) is 28.5 Å². The lowest BCUT2D eigenvalue weighted by Gasteiger charge is -2.30. The molecule has 0 aliphatic carbocycles. The minimum Gasteiger partial charge on any atom is -0.331 e. The first-order chi connectivity index (χ1) is 10.3. The molecule has 1 aromatic carbocycles. The third-order valence-electron chi connectivity index (χ3n) is 4.08. The second-order valence-electron chi connectivity index (χ2n) is 6.74. The number of hydrogen-bond acceptors (Lipinski definition) is 3. The summed E-state index contributed by atoms with van der Waals surface area (Å²) in [5.74, 6) is -0.175. The van der Waals surface area contributed by atoms with Crippen LogP contribution in [0.15, 0.2) is 23.0 Å². The highest BCUT2D eigenvalue weighted by molar-refractivity contribution is 5.90. The minimum atomic E-state index is -0.462. The van der Waals surface area contributed by atoms with Gasteiger partial charge in [-0.25, -0.2) is 9.89 Å². The molecule has 22 heavy (non-hydrogen) atoms. The van der Waals surface area contributed by atoms with E-state index in [1.165, 1.54) is 16.7 Å². The zero-order valence-corrected chi connectivity index (χ0v) is 13.1. The van der Waals surface area contributed by atoms with Crippen molar-refractivity contribution in [2.45, 2.75) is 39.2 Å². The maximum absolute atomic E-state index is 12.4. The number of hydrogen-bond donors (Lipinski definition) is 2. The lowest BCUT2D eigenvalue weighted by molar-refractivity contribution is 0.0722. The molecule has 0 bridgehead atoms. The topological polar surface area (TPSA) is 81.8 Å². The number of rotatable bonds is 1. The first-order valence-electron chi connectivity index (χ1n) is 7.41. The van der Waals surface area contributed by atoms with Crippen molar-refractivity contribution >= 4 is 5.91 Å². The van der Waals surface area contributed by atoms with Crippen LogP contribution in [-0.4, -0.2) is 32.5 Å². The molecule has 0 radical (unpaired) electrons. The molecule has 0 unspecified atom stereocenters. The van der Waals surface area contributed by atoms with Crippen molar-refractivity contribution in [3.05, 3.63) is 51.2 Å². The largest absolute Gasteiger partial charge is 0.341 e. The highest BCUT2D eigenvalue weighted by Gasteiger charge is 2.25. The van der Waals surface area contributed by atoms with Crippen LogP contribution < -0.4 is 5.69 Å². The fourth-order valence-electron chi connectivity index (χ4n) is 2.72. The molecule has 116 valence electrons. The van der Waals surface area contributed by atoms with Crippen LogP contribution in [0.1, 0.15) is 48.1 Å². The van der Waals surface area contributed by atoms with Gasteiger partial charge in [-0.15, -0.1) is 5.10 Å². The summed E-state index contributed by atoms with van der Waals surface area (Å²) in [6.45, 7) is 7.71. The number of fused-ring (bicyclic) bond motifs is 1. The van der Waals surface area contributed by atoms with Gasteiger partial charge < -0.3 is 4.90 Å². The Hall–Kier alpha value is -2.37. The Balaban J connectivity index is 1.86. The van der Waals surface area contributed by atoms with Crippen LogP contribution in [-0.2, 0) is 18.4 Å². The van der Waals surface area contributed by atoms with E-state index < -0.39 is 5.69 Å². The molecule has 0 saturated carbocycles. The Kier molecular flexibility index (Phi) is 3.39. The molecular formula is C16H20N4O2. The van der Waals surface area contributed by atoms with Gasteiger partial charge >= 0.3 is 5.69 Å². The standard InChI is InChI=1S/C16H20N4O2/c1-16(2,3)12-5-4-10-6-7-20(9-11(10)8-12)14(21)13-17-15(22)19-18-13/h4-5,8H,6-7,9H2,1-3H3,(H2,17,18,19,22). The van der Waals surface area contributed by atoms with Gasteiger partial charge in [0.2, 0.25) is 5.82 Å². The quantitative estimate of drug-likeness (QED) is 0.839. The van der Waals surface area contributed by atoms with Crippen molar-refractivity contribution in [3.8, 4) is 0 Å². The predicted octanol–water partition coefficient (Wildman–Crippen LogP) is 1.59. The molecule has 1 aromatic heterocycles. The van der Waals surface area contributed by atoms with Crippen molar-refractivity contribution in [2.75, 3.05) is 6.54 Å². The molecule has 2 aromatic rings. The van der Waals surface area contributed by atoms with Crippen LogP contribution >= 0.6 is 0 Å². The molecule has 6 heteroatoms. The van der Waals surface area contributed by atoms with Gasteiger partial charge in [-0.3, -0.25) is 9.78 Å². The van der Waals surface area contributed by atoms with E-state index in [0.717, 1.165) is 6.42 Å². The highest BCUT2D eigenvalue weighted by Crippen LogP contribution is 2.27. The van der Waals surface area contributed by atoms with E-state index in [1.807, 2.05) is 0 Å². The van der Waals surface area contributed by atoms with Crippen molar-refractivity contribution in [1.29, 1.82) is 0 Å². The summed E-state index contributed by atoms with van der Waals surface area (Å²) in [6, 6.07) is 6.51. The van der Waals surface area contributed by atoms with E-state index in [0.29, 0.717) is 13.1 Å². The van der Waals surface area contributed by atoms with E-state index in [4.69, 9.17) is 0 Å². The number of aromatic amines is 2. The summed E-state index contributed by atoms with van der Waals surface area (Å²) in [5.41, 5.74) is 3.33. The van der Waals surface area contributed by atoms with Crippen molar-refractivity contribution in [3.63, 3.8) is 0 Å². The number of carbonyl (C=O) groups is 1. The summed E-state index contributed by atoms with van der Waals surface area (Å²) in [6.07, 6.45) is 0.820. The zero-order valence-electron chi connectivity index (χ0n) is 13.1. The van der Waals surface area contributed by atoms with Crippen LogP contribution in [0.5, 0.6) is 0 Å². The monoisotopic (exact) mass is 300 g/mol. The summed E-state index contributed by atoms with van der Waals surface area (Å²) >= 11 is 0. The van der Waals surface area contributed by atoms with E-state index in [2.05, 4.69) is 54.2 Å². The maximum atomic E-state index is 12.4. The Morgan fingerprint density at radius 3 is 2.68 bits per heavy atom. The van der Waals surface area contributed by atoms with Crippen molar-refractivity contribution in [1.82, 2.24) is 20.1 Å². The molecule has 0 saturated heterocycles. The number of H-pyrrole nitrogens is 2. The molecule has 0 atom stereocenters. The first kappa shape index (κ1) is 14.6. The molecule has 0 spiro atoms. The maximum Gasteiger partial charge on any atom is 0.341 e. The van der Waals surface area contributed by atoms with Gasteiger partial charge in [0.1, 0.15) is 0 Å². The average molecular weight is 300 g/mol. The Morgan fingerprint density at radius 2 is 2.05 bits per heavy atom. The third-order valence-corrected chi connectivity index (χ3v) is 4.08. The molecule has 1 aliphatic heterocycles. The summed E-state index contributed by atoms with van der Waals surface area (Å²) in [7, 11) is 0. The van der Waals surface area contributed by atoms with Gasteiger partial charge in [0.25, 0.3) is 5.91 Å². The SMILES string of the molecule is CC(C)(C)c1ccc2c(c1)CN(C(=O)c1n[nH]c(=O)[nH]1)CC2. The Morgan fingerprint density at radius 1 is 1.27 bits per heavy atom. The van der Waals surface area contributed by atoms with Crippen LogP contribution in [0.3, 0.4) is 0 Å². The Labute approximate surface area is 128 Å². The minimum absolute atomic E-state index is 0.0698. The van der Waals surface area contributed by atoms with Crippen molar-refractivity contribution < 1.29 is 4.79 Å². The van der Waals surface area contributed by atoms with Gasteiger partial charge in [-0.2, -0.15) is 0 Å². The molecule has 3 rings (SSSR count). The summed E-state index contributed by atoms with van der Waals surface area (Å²) < 4.78 is 0. The molecular weight excluding hydrogens is 280 g/mol. The molecule has 1 aliphatic rings. The van der Waals surface area contributed by atoms with Gasteiger partial charge in [-0.1, -0.05) is 39.0 Å². The van der Waals surface area contributed by atoms with Crippen LogP contribution in [0.25, 0.3) is 0 Å². The van der Waals surface area contributed by atoms with Gasteiger partial charge in [0.05, 0.1) is 0 Å². The number of carbonyl (C=O) groups excluding carboxylic acids is 1. The van der Waals surface area contributed by atoms with Gasteiger partial charge in [0.15, 0.2) is 0 Å². The lowest BCUT2D eigenvalue weighted by atomic mass is 9.84. The molecule has 2 heterocycles. The summed E-state index contributed by atoms with van der Waals surface area (Å²) in [4.78, 5) is 27.6. The second-order valence-corrected chi connectivity index (χ2v) is 6.74. The van der Waals surface area contributed by atoms with E-state index >= 15 is 0 Å². The molecule has 1 amide bonds. The highest BCUT2D eigenvalue weighted by atomic mass is 16.2. The summed E-state index contributed by atoms with van der Waals surface area (Å²) in [5, 5.41) is 5.95. The number of aromatic nitrogens is 3. The second kappa shape index (κ2) is 5.12. The molecule has 2 N–H and O–H groups in total. The van der Waals surface area contributed by atoms with E-state index in [1.54, 1.807) is 4.90 Å². The number of nitrogens with zero attached hydrogens (tertiary/aromatic N) is 2. The van der Waals surface area contributed by atoms with E-state index in [9.17, 15) is 9.59 Å². The lowest BCUT2D eigenvalue weighted by Crippen LogP contribution is -2.37. The Bertz CT molecular complexity index is 767. The first-order valence-corrected chi connectivity index (χ1v) is 7.41. The average Bonchev–Trinajstić information content (AvgIpc) is 2.91. The fourth-order valence-corrected chi connectivity index (χ4v) is 2.72. The number of benzene rings is 1. The van der Waals surface area contributed by atoms with Gasteiger partial charge in [0, 0.05) is 13.1 Å². The van der Waals surface area contributed by atoms with Crippen LogP contribution in [0.4, 0.5) is 0 Å². The molecule has 0 fully saturated rings. The number of amides is 1. The molecule has 6 nitrogen and oxygen atoms in total. The fraction of sp³-hybridized carbons (Fsp3) is 0.438.